The third-order valence-electron chi connectivity index (χ3n) is 2.89. The first-order chi connectivity index (χ1) is 9.67. The molecule has 2 aromatic rings. The number of benzene rings is 1. The van der Waals surface area contributed by atoms with E-state index in [4.69, 9.17) is 9.47 Å². The van der Waals surface area contributed by atoms with E-state index >= 15 is 0 Å². The van der Waals surface area contributed by atoms with Gasteiger partial charge in [-0.1, -0.05) is 18.2 Å². The summed E-state index contributed by atoms with van der Waals surface area (Å²) in [7, 11) is 0. The first kappa shape index (κ1) is 14.1. The lowest BCUT2D eigenvalue weighted by Crippen LogP contribution is -2.12. The first-order valence-corrected chi connectivity index (χ1v) is 6.59. The molecule has 0 fully saturated rings. The maximum Gasteiger partial charge on any atom is 0.340 e. The van der Waals surface area contributed by atoms with Gasteiger partial charge in [0.15, 0.2) is 0 Å². The van der Waals surface area contributed by atoms with Crippen molar-refractivity contribution in [2.24, 2.45) is 0 Å². The molecule has 1 aromatic carbocycles. The van der Waals surface area contributed by atoms with Crippen LogP contribution in [0.5, 0.6) is 0 Å². The Morgan fingerprint density at radius 2 is 1.80 bits per heavy atom. The number of esters is 2. The topological polar surface area (TPSA) is 68.4 Å². The predicted octanol–water partition coefficient (Wildman–Crippen LogP) is 2.45. The molecule has 0 aliphatic carbocycles. The van der Waals surface area contributed by atoms with Gasteiger partial charge in [0, 0.05) is 16.6 Å². The van der Waals surface area contributed by atoms with Gasteiger partial charge in [-0.25, -0.2) is 4.79 Å². The van der Waals surface area contributed by atoms with Gasteiger partial charge in [0.2, 0.25) is 0 Å². The third-order valence-corrected chi connectivity index (χ3v) is 2.89. The van der Waals surface area contributed by atoms with Crippen molar-refractivity contribution in [3.05, 3.63) is 35.5 Å². The number of aromatic nitrogens is 1. The Labute approximate surface area is 116 Å². The molecule has 2 rings (SSSR count). The summed E-state index contributed by atoms with van der Waals surface area (Å²) in [4.78, 5) is 26.8. The van der Waals surface area contributed by atoms with Crippen LogP contribution < -0.4 is 0 Å². The SMILES string of the molecule is CCOC(=O)Cc1[nH]c2ccccc2c1C(=O)OCC. The summed E-state index contributed by atoms with van der Waals surface area (Å²) in [6.45, 7) is 4.10. The normalized spacial score (nSPS) is 10.5. The molecule has 0 aliphatic rings. The second kappa shape index (κ2) is 6.23. The van der Waals surface area contributed by atoms with Gasteiger partial charge >= 0.3 is 11.9 Å². The summed E-state index contributed by atoms with van der Waals surface area (Å²) in [5, 5.41) is 0.755. The van der Waals surface area contributed by atoms with Crippen molar-refractivity contribution in [2.75, 3.05) is 13.2 Å². The predicted molar refractivity (Wildman–Crippen MR) is 74.6 cm³/mol. The lowest BCUT2D eigenvalue weighted by atomic mass is 10.1. The van der Waals surface area contributed by atoms with Gasteiger partial charge in [0.05, 0.1) is 25.2 Å². The van der Waals surface area contributed by atoms with E-state index in [0.717, 1.165) is 10.9 Å². The van der Waals surface area contributed by atoms with Crippen molar-refractivity contribution >= 4 is 22.8 Å². The van der Waals surface area contributed by atoms with Crippen LogP contribution in [0, 0.1) is 0 Å². The van der Waals surface area contributed by atoms with E-state index in [-0.39, 0.29) is 19.0 Å². The van der Waals surface area contributed by atoms with Gasteiger partial charge in [0.25, 0.3) is 0 Å². The highest BCUT2D eigenvalue weighted by Crippen LogP contribution is 2.24. The molecule has 5 heteroatoms. The second-order valence-electron chi connectivity index (χ2n) is 4.23. The van der Waals surface area contributed by atoms with E-state index in [0.29, 0.717) is 17.9 Å². The van der Waals surface area contributed by atoms with Gasteiger partial charge in [-0.2, -0.15) is 0 Å². The van der Waals surface area contributed by atoms with Crippen LogP contribution >= 0.6 is 0 Å². The minimum atomic E-state index is -0.427. The molecule has 0 bridgehead atoms. The molecule has 0 unspecified atom stereocenters. The number of nitrogens with one attached hydrogen (secondary N) is 1. The molecule has 1 heterocycles. The van der Waals surface area contributed by atoms with Gasteiger partial charge in [-0.05, 0) is 19.9 Å². The number of fused-ring (bicyclic) bond motifs is 1. The quantitative estimate of drug-likeness (QED) is 0.851. The van der Waals surface area contributed by atoms with Crippen molar-refractivity contribution in [2.45, 2.75) is 20.3 Å². The van der Waals surface area contributed by atoms with Crippen molar-refractivity contribution in [1.82, 2.24) is 4.98 Å². The van der Waals surface area contributed by atoms with Crippen LogP contribution in [0.25, 0.3) is 10.9 Å². The zero-order chi connectivity index (χ0) is 14.5. The summed E-state index contributed by atoms with van der Waals surface area (Å²) in [6.07, 6.45) is 0.0245. The number of hydrogen-bond donors (Lipinski definition) is 1. The Morgan fingerprint density at radius 1 is 1.10 bits per heavy atom. The van der Waals surface area contributed by atoms with Crippen molar-refractivity contribution in [1.29, 1.82) is 0 Å². The molecule has 1 aromatic heterocycles. The lowest BCUT2D eigenvalue weighted by molar-refractivity contribution is -0.142. The fourth-order valence-corrected chi connectivity index (χ4v) is 2.12. The first-order valence-electron chi connectivity index (χ1n) is 6.59. The number of rotatable bonds is 5. The molecular formula is C15H17NO4. The zero-order valence-electron chi connectivity index (χ0n) is 11.6. The van der Waals surface area contributed by atoms with Crippen LogP contribution in [0.1, 0.15) is 29.9 Å². The van der Waals surface area contributed by atoms with E-state index in [9.17, 15) is 9.59 Å². The minimum Gasteiger partial charge on any atom is -0.466 e. The van der Waals surface area contributed by atoms with Crippen molar-refractivity contribution in [3.63, 3.8) is 0 Å². The highest BCUT2D eigenvalue weighted by atomic mass is 16.5. The Hall–Kier alpha value is -2.30. The summed E-state index contributed by atoms with van der Waals surface area (Å²) >= 11 is 0. The smallest absolute Gasteiger partial charge is 0.340 e. The van der Waals surface area contributed by atoms with Gasteiger partial charge in [-0.15, -0.1) is 0 Å². The molecule has 20 heavy (non-hydrogen) atoms. The Morgan fingerprint density at radius 3 is 2.50 bits per heavy atom. The molecule has 0 spiro atoms. The maximum absolute atomic E-state index is 12.1. The molecule has 0 atom stereocenters. The third kappa shape index (κ3) is 2.82. The Bertz CT molecular complexity index is 630. The van der Waals surface area contributed by atoms with Crippen LogP contribution in [0.15, 0.2) is 24.3 Å². The highest BCUT2D eigenvalue weighted by Gasteiger charge is 2.21. The molecule has 0 amide bonds. The summed E-state index contributed by atoms with van der Waals surface area (Å²) in [5.74, 6) is -0.797. The number of para-hydroxylation sites is 1. The van der Waals surface area contributed by atoms with Crippen LogP contribution in [0.3, 0.4) is 0 Å². The van der Waals surface area contributed by atoms with E-state index in [1.165, 1.54) is 0 Å². The lowest BCUT2D eigenvalue weighted by Gasteiger charge is -2.04. The number of carbonyl (C=O) groups is 2. The molecule has 0 saturated carbocycles. The highest BCUT2D eigenvalue weighted by molar-refractivity contribution is 6.06. The number of H-pyrrole nitrogens is 1. The molecule has 0 aliphatic heterocycles. The van der Waals surface area contributed by atoms with Crippen LogP contribution in [0.4, 0.5) is 0 Å². The van der Waals surface area contributed by atoms with Gasteiger partial charge in [0.1, 0.15) is 0 Å². The second-order valence-corrected chi connectivity index (χ2v) is 4.23. The fraction of sp³-hybridized carbons (Fsp3) is 0.333. The Balaban J connectivity index is 2.44. The summed E-state index contributed by atoms with van der Waals surface area (Å²) in [6, 6.07) is 7.38. The number of ether oxygens (including phenoxy) is 2. The molecule has 5 nitrogen and oxygen atoms in total. The Kier molecular flexibility index (Phi) is 4.40. The number of aromatic amines is 1. The van der Waals surface area contributed by atoms with Gasteiger partial charge in [-0.3, -0.25) is 4.79 Å². The average Bonchev–Trinajstić information content (AvgIpc) is 2.76. The fourth-order valence-electron chi connectivity index (χ4n) is 2.12. The number of carbonyl (C=O) groups excluding carboxylic acids is 2. The number of hydrogen-bond acceptors (Lipinski definition) is 4. The maximum atomic E-state index is 12.1. The van der Waals surface area contributed by atoms with Crippen molar-refractivity contribution < 1.29 is 19.1 Å². The molecule has 1 N–H and O–H groups in total. The van der Waals surface area contributed by atoms with E-state index in [1.54, 1.807) is 13.8 Å². The molecular weight excluding hydrogens is 258 g/mol. The molecule has 0 saturated heterocycles. The largest absolute Gasteiger partial charge is 0.466 e. The molecule has 106 valence electrons. The monoisotopic (exact) mass is 275 g/mol. The summed E-state index contributed by atoms with van der Waals surface area (Å²) < 4.78 is 9.99. The van der Waals surface area contributed by atoms with Crippen LogP contribution in [-0.4, -0.2) is 30.1 Å². The van der Waals surface area contributed by atoms with E-state index in [2.05, 4.69) is 4.98 Å². The average molecular weight is 275 g/mol. The van der Waals surface area contributed by atoms with Crippen LogP contribution in [-0.2, 0) is 20.7 Å². The minimum absolute atomic E-state index is 0.0245. The molecule has 0 radical (unpaired) electrons. The van der Waals surface area contributed by atoms with Gasteiger partial charge < -0.3 is 14.5 Å². The zero-order valence-corrected chi connectivity index (χ0v) is 11.6. The van der Waals surface area contributed by atoms with Crippen LogP contribution in [0.2, 0.25) is 0 Å². The van der Waals surface area contributed by atoms with E-state index in [1.807, 2.05) is 24.3 Å². The van der Waals surface area contributed by atoms with E-state index < -0.39 is 5.97 Å². The van der Waals surface area contributed by atoms with Crippen molar-refractivity contribution in [3.8, 4) is 0 Å². The standard InChI is InChI=1S/C15H17NO4/c1-3-19-13(17)9-12-14(15(18)20-4-2)10-7-5-6-8-11(10)16-12/h5-8,16H,3-4,9H2,1-2H3. The summed E-state index contributed by atoms with van der Waals surface area (Å²) in [5.41, 5.74) is 1.74.